The van der Waals surface area contributed by atoms with Gasteiger partial charge in [-0.25, -0.2) is 0 Å². The van der Waals surface area contributed by atoms with Crippen molar-refractivity contribution in [3.8, 4) is 17.2 Å². The second-order valence-corrected chi connectivity index (χ2v) is 15.4. The Balaban J connectivity index is 0.000000313. The van der Waals surface area contributed by atoms with Crippen molar-refractivity contribution in [3.05, 3.63) is 51.6 Å². The summed E-state index contributed by atoms with van der Waals surface area (Å²) in [6.07, 6.45) is -1.88. The fourth-order valence-electron chi connectivity index (χ4n) is 7.57. The number of aliphatic hydroxyl groups is 2. The number of nitrogens with one attached hydrogen (secondary N) is 2. The zero-order valence-electron chi connectivity index (χ0n) is 36.5. The van der Waals surface area contributed by atoms with Crippen molar-refractivity contribution in [2.45, 2.75) is 69.7 Å². The number of fused-ring (bicyclic) bond motifs is 3. The Morgan fingerprint density at radius 1 is 0.875 bits per heavy atom. The number of phenolic OH excluding ortho intramolecular Hbond substituents is 2. The molecule has 19 nitrogen and oxygen atoms in total. The molecule has 64 heavy (non-hydrogen) atoms. The second kappa shape index (κ2) is 27.4. The molecule has 6 N–H and O–H groups in total. The molecule has 4 unspecified atom stereocenters. The largest absolute Gasteiger partial charge is 0.507 e. The number of aldehydes is 1. The summed E-state index contributed by atoms with van der Waals surface area (Å²) < 4.78 is 43.9. The number of thiol groups is 1. The van der Waals surface area contributed by atoms with Crippen molar-refractivity contribution in [2.24, 2.45) is 5.92 Å². The van der Waals surface area contributed by atoms with E-state index in [0.717, 1.165) is 6.29 Å². The van der Waals surface area contributed by atoms with Gasteiger partial charge in [0.2, 0.25) is 11.7 Å². The molecule has 1 fully saturated rings. The number of Topliss-reactive ketones (excluding diaryl/α,β-unsaturated/α-hetero) is 1. The Morgan fingerprint density at radius 3 is 2.06 bits per heavy atom. The maximum Gasteiger partial charge on any atom is 0.220 e. The van der Waals surface area contributed by atoms with Crippen LogP contribution < -0.4 is 15.4 Å². The molecule has 356 valence electrons. The van der Waals surface area contributed by atoms with Gasteiger partial charge in [-0.05, 0) is 32.9 Å². The Bertz CT molecular complexity index is 1860. The van der Waals surface area contributed by atoms with Crippen molar-refractivity contribution in [1.29, 1.82) is 0 Å². The zero-order chi connectivity index (χ0) is 46.6. The number of rotatable bonds is 26. The van der Waals surface area contributed by atoms with E-state index in [-0.39, 0.29) is 83.2 Å². The third-order valence-electron chi connectivity index (χ3n) is 10.8. The fraction of sp³-hybridized carbons (Fsp3) is 0.614. The summed E-state index contributed by atoms with van der Waals surface area (Å²) >= 11 is 4.03. The topological polar surface area (TPSA) is 264 Å². The number of methoxy groups -OCH3 is 1. The van der Waals surface area contributed by atoms with Crippen molar-refractivity contribution >= 4 is 42.2 Å². The number of benzene rings is 2. The average molecular weight is 923 g/mol. The molecule has 6 atom stereocenters. The van der Waals surface area contributed by atoms with Gasteiger partial charge in [0.25, 0.3) is 0 Å². The average Bonchev–Trinajstić information content (AvgIpc) is 3.30. The Labute approximate surface area is 377 Å². The lowest BCUT2D eigenvalue weighted by molar-refractivity contribution is -0.245. The third-order valence-corrected chi connectivity index (χ3v) is 11.0. The fourth-order valence-corrected chi connectivity index (χ4v) is 7.70. The van der Waals surface area contributed by atoms with Gasteiger partial charge < -0.3 is 73.7 Å². The molecule has 20 heteroatoms. The van der Waals surface area contributed by atoms with Crippen LogP contribution in [0.4, 0.5) is 0 Å². The summed E-state index contributed by atoms with van der Waals surface area (Å²) in [4.78, 5) is 61.1. The van der Waals surface area contributed by atoms with Gasteiger partial charge in [0.1, 0.15) is 30.1 Å². The number of aromatic hydroxyl groups is 2. The van der Waals surface area contributed by atoms with E-state index in [2.05, 4.69) is 23.3 Å². The highest BCUT2D eigenvalue weighted by atomic mass is 32.1. The number of carbonyl (C=O) groups excluding carboxylic acids is 5. The van der Waals surface area contributed by atoms with Gasteiger partial charge in [0.15, 0.2) is 17.9 Å². The summed E-state index contributed by atoms with van der Waals surface area (Å²) in [6, 6.07) is 4.15. The maximum atomic E-state index is 13.7. The summed E-state index contributed by atoms with van der Waals surface area (Å²) in [5, 5.41) is 48.5. The monoisotopic (exact) mass is 922 g/mol. The smallest absolute Gasteiger partial charge is 0.220 e. The van der Waals surface area contributed by atoms with Crippen LogP contribution in [0, 0.1) is 5.92 Å². The highest BCUT2D eigenvalue weighted by Crippen LogP contribution is 2.51. The number of aliphatic hydroxyl groups excluding tert-OH is 2. The SMILES string of the molecule is CNC1C[C@H](O[C@H]2CC(C(=O)CO)Cc3c(O)c4c(c(O)c32)C(=O)c2c(OC)cccc2C4=O)OC(C)C1O.O=CCCC(=O)NCCOCCOCCOCCOCCOCCS. The molecular formula is C44H62N2O17S. The molecule has 1 heterocycles. The number of ether oxygens (including phenoxy) is 8. The number of hydrogen-bond acceptors (Lipinski definition) is 19. The minimum Gasteiger partial charge on any atom is -0.507 e. The van der Waals surface area contributed by atoms with Crippen LogP contribution in [-0.4, -0.2) is 174 Å². The van der Waals surface area contributed by atoms with Crippen LogP contribution in [0.3, 0.4) is 0 Å². The number of hydrogen-bond donors (Lipinski definition) is 7. The molecule has 3 aliphatic rings. The standard InChI is InChI=1S/C28H31NO10.C16H31NO7S/c1-11-24(32)15(29-2)9-19(38-11)39-18-8-12(16(31)10-30)7-14-21(18)28(36)23-22(26(14)34)25(33)13-5-4-6-17(37-3)20(13)27(23)35;18-4-1-2-16(19)17-3-5-20-6-7-21-8-9-22-10-11-23-12-13-24-14-15-25/h4-6,11-12,15,18-19,24,29-30,32,34,36H,7-10H2,1-3H3;4,25H,1-3,5-15H2,(H,17,19)/t11?,12?,15?,18-,19-,24?;/m0./s1. The molecule has 5 rings (SSSR count). The predicted octanol–water partition coefficient (Wildman–Crippen LogP) is 1.24. The van der Waals surface area contributed by atoms with E-state index < -0.39 is 66.0 Å². The molecule has 0 spiro atoms. The first kappa shape index (κ1) is 52.6. The summed E-state index contributed by atoms with van der Waals surface area (Å²) in [6.45, 7) is 6.56. The number of likely N-dealkylation sites (N-methyl/N-ethyl adjacent to an activating group) is 1. The minimum absolute atomic E-state index is 0.0225. The molecule has 1 saturated heterocycles. The van der Waals surface area contributed by atoms with Crippen molar-refractivity contribution in [3.63, 3.8) is 0 Å². The van der Waals surface area contributed by atoms with E-state index in [4.69, 9.17) is 37.9 Å². The first-order valence-corrected chi connectivity index (χ1v) is 21.9. The molecule has 1 amide bonds. The van der Waals surface area contributed by atoms with Gasteiger partial charge in [0, 0.05) is 60.2 Å². The molecule has 0 aromatic heterocycles. The van der Waals surface area contributed by atoms with E-state index in [1.807, 2.05) is 0 Å². The molecule has 1 aliphatic heterocycles. The maximum absolute atomic E-state index is 13.7. The van der Waals surface area contributed by atoms with Gasteiger partial charge in [-0.2, -0.15) is 12.6 Å². The number of ketones is 3. The predicted molar refractivity (Wildman–Crippen MR) is 231 cm³/mol. The van der Waals surface area contributed by atoms with Gasteiger partial charge >= 0.3 is 0 Å². The Kier molecular flexibility index (Phi) is 22.5. The van der Waals surface area contributed by atoms with E-state index in [9.17, 15) is 44.4 Å². The van der Waals surface area contributed by atoms with Crippen LogP contribution in [0.5, 0.6) is 17.2 Å². The lowest BCUT2D eigenvalue weighted by Gasteiger charge is -2.41. The molecule has 2 aromatic rings. The highest BCUT2D eigenvalue weighted by Gasteiger charge is 2.45. The molecule has 2 aliphatic carbocycles. The summed E-state index contributed by atoms with van der Waals surface area (Å²) in [5.41, 5.74) is -0.547. The van der Waals surface area contributed by atoms with E-state index >= 15 is 0 Å². The van der Waals surface area contributed by atoms with Crippen LogP contribution in [0.25, 0.3) is 0 Å². The zero-order valence-corrected chi connectivity index (χ0v) is 37.4. The van der Waals surface area contributed by atoms with Crippen molar-refractivity contribution in [2.75, 3.05) is 99.1 Å². The van der Waals surface area contributed by atoms with Crippen LogP contribution in [0.15, 0.2) is 18.2 Å². The van der Waals surface area contributed by atoms with Crippen LogP contribution in [0.1, 0.15) is 81.7 Å². The quantitative estimate of drug-likeness (QED) is 0.0259. The number of carbonyl (C=O) groups is 5. The van der Waals surface area contributed by atoms with Gasteiger partial charge in [0.05, 0.1) is 108 Å². The number of amides is 1. The van der Waals surface area contributed by atoms with Crippen molar-refractivity contribution in [1.82, 2.24) is 10.6 Å². The van der Waals surface area contributed by atoms with Gasteiger partial charge in [-0.3, -0.25) is 19.2 Å². The van der Waals surface area contributed by atoms with Crippen molar-refractivity contribution < 1.29 is 82.3 Å². The second-order valence-electron chi connectivity index (χ2n) is 15.0. The Hall–Kier alpha value is -4.06. The number of phenols is 2. The lowest BCUT2D eigenvalue weighted by Crippen LogP contribution is -2.53. The summed E-state index contributed by atoms with van der Waals surface area (Å²) in [7, 11) is 3.05. The van der Waals surface area contributed by atoms with E-state index in [1.165, 1.54) is 19.2 Å². The van der Waals surface area contributed by atoms with Gasteiger partial charge in [-0.1, -0.05) is 12.1 Å². The Morgan fingerprint density at radius 2 is 1.48 bits per heavy atom. The van der Waals surface area contributed by atoms with Crippen LogP contribution in [-0.2, 0) is 54.0 Å². The normalized spacial score (nSPS) is 21.2. The minimum atomic E-state index is -1.03. The summed E-state index contributed by atoms with van der Waals surface area (Å²) in [5.74, 6) is -2.97. The van der Waals surface area contributed by atoms with Gasteiger partial charge in [-0.15, -0.1) is 0 Å². The molecule has 2 aromatic carbocycles. The molecular weight excluding hydrogens is 861 g/mol. The lowest BCUT2D eigenvalue weighted by atomic mass is 9.73. The third kappa shape index (κ3) is 14.2. The highest BCUT2D eigenvalue weighted by molar-refractivity contribution is 7.80. The first-order chi connectivity index (χ1) is 30.9. The van der Waals surface area contributed by atoms with Crippen LogP contribution >= 0.6 is 12.6 Å². The molecule has 0 saturated carbocycles. The first-order valence-electron chi connectivity index (χ1n) is 21.3. The van der Waals surface area contributed by atoms with E-state index in [0.29, 0.717) is 78.4 Å². The molecule has 0 bridgehead atoms. The molecule has 0 radical (unpaired) electrons. The van der Waals surface area contributed by atoms with E-state index in [1.54, 1.807) is 20.0 Å². The van der Waals surface area contributed by atoms with Crippen LogP contribution in [0.2, 0.25) is 0 Å².